The Morgan fingerprint density at radius 3 is 2.33 bits per heavy atom. The number of hydrogen-bond donors (Lipinski definition) is 2. The van der Waals surface area contributed by atoms with Crippen molar-refractivity contribution in [2.45, 2.75) is 32.9 Å². The van der Waals surface area contributed by atoms with Crippen LogP contribution in [0.2, 0.25) is 5.02 Å². The van der Waals surface area contributed by atoms with E-state index in [9.17, 15) is 9.59 Å². The molecule has 2 amide bonds. The molecule has 2 N–H and O–H groups in total. The van der Waals surface area contributed by atoms with Gasteiger partial charge in [-0.25, -0.2) is 0 Å². The third-order valence-electron chi connectivity index (χ3n) is 4.33. The maximum Gasteiger partial charge on any atom is 0.243 e. The van der Waals surface area contributed by atoms with Gasteiger partial charge in [0.15, 0.2) is 0 Å². The van der Waals surface area contributed by atoms with Crippen LogP contribution in [0, 0.1) is 6.92 Å². The molecule has 0 aliphatic heterocycles. The van der Waals surface area contributed by atoms with Crippen molar-refractivity contribution in [1.29, 1.82) is 0 Å². The van der Waals surface area contributed by atoms with Gasteiger partial charge in [0.1, 0.15) is 0 Å². The molecule has 2 rings (SSSR count). The van der Waals surface area contributed by atoms with Crippen molar-refractivity contribution >= 4 is 29.1 Å². The summed E-state index contributed by atoms with van der Waals surface area (Å²) >= 11 is 6.21. The zero-order valence-corrected chi connectivity index (χ0v) is 16.9. The number of carbonyl (C=O) groups excluding carboxylic acids is 2. The van der Waals surface area contributed by atoms with Crippen molar-refractivity contribution < 1.29 is 9.59 Å². The largest absolute Gasteiger partial charge is 0.335 e. The van der Waals surface area contributed by atoms with Crippen LogP contribution in [0.5, 0.6) is 0 Å². The van der Waals surface area contributed by atoms with Gasteiger partial charge in [-0.15, -0.1) is 0 Å². The van der Waals surface area contributed by atoms with E-state index in [1.54, 1.807) is 14.0 Å². The lowest BCUT2D eigenvalue weighted by Crippen LogP contribution is -2.46. The summed E-state index contributed by atoms with van der Waals surface area (Å²) in [5.74, 6) is -0.394. The van der Waals surface area contributed by atoms with E-state index < -0.39 is 6.04 Å². The van der Waals surface area contributed by atoms with Gasteiger partial charge in [-0.2, -0.15) is 0 Å². The second kappa shape index (κ2) is 9.53. The topological polar surface area (TPSA) is 61.4 Å². The van der Waals surface area contributed by atoms with Crippen LogP contribution in [0.3, 0.4) is 0 Å². The van der Waals surface area contributed by atoms with E-state index in [2.05, 4.69) is 10.6 Å². The Bertz CT molecular complexity index is 792. The molecule has 0 aliphatic rings. The number of benzene rings is 2. The molecule has 0 bridgehead atoms. The molecule has 0 radical (unpaired) electrons. The van der Waals surface area contributed by atoms with Crippen LogP contribution < -0.4 is 10.6 Å². The Labute approximate surface area is 165 Å². The molecule has 0 aromatic heterocycles. The molecule has 0 saturated carbocycles. The van der Waals surface area contributed by atoms with Gasteiger partial charge in [0.25, 0.3) is 0 Å². The first-order valence-corrected chi connectivity index (χ1v) is 9.27. The van der Waals surface area contributed by atoms with Gasteiger partial charge in [-0.1, -0.05) is 47.5 Å². The number of nitrogens with zero attached hydrogens (tertiary/aromatic N) is 1. The highest BCUT2D eigenvalue weighted by Crippen LogP contribution is 2.22. The number of halogens is 1. The molecule has 144 valence electrons. The standard InChI is InChI=1S/C21H26ClN3O2/c1-14-9-11-17(12-10-14)24-20(26)13-25(4)21(27)16(3)23-15(2)18-7-5-6-8-19(18)22/h5-12,15-16,23H,13H2,1-4H3,(H,24,26). The van der Waals surface area contributed by atoms with E-state index in [4.69, 9.17) is 11.6 Å². The SMILES string of the molecule is Cc1ccc(NC(=O)CN(C)C(=O)C(C)NC(C)c2ccccc2Cl)cc1. The predicted octanol–water partition coefficient (Wildman–Crippen LogP) is 3.78. The van der Waals surface area contributed by atoms with Crippen LogP contribution >= 0.6 is 11.6 Å². The van der Waals surface area contributed by atoms with E-state index in [-0.39, 0.29) is 24.4 Å². The minimum Gasteiger partial charge on any atom is -0.335 e. The van der Waals surface area contributed by atoms with Gasteiger partial charge in [0.2, 0.25) is 11.8 Å². The van der Waals surface area contributed by atoms with Gasteiger partial charge in [-0.05, 0) is 44.5 Å². The molecule has 0 saturated heterocycles. The maximum absolute atomic E-state index is 12.6. The van der Waals surface area contributed by atoms with Crippen molar-refractivity contribution in [1.82, 2.24) is 10.2 Å². The molecule has 2 aromatic carbocycles. The second-order valence-electron chi connectivity index (χ2n) is 6.74. The zero-order valence-electron chi connectivity index (χ0n) is 16.1. The lowest BCUT2D eigenvalue weighted by Gasteiger charge is -2.25. The van der Waals surface area contributed by atoms with Crippen molar-refractivity contribution in [3.63, 3.8) is 0 Å². The van der Waals surface area contributed by atoms with Crippen molar-refractivity contribution in [3.05, 3.63) is 64.7 Å². The number of nitrogens with one attached hydrogen (secondary N) is 2. The Hall–Kier alpha value is -2.37. The summed E-state index contributed by atoms with van der Waals surface area (Å²) in [5, 5.41) is 6.69. The van der Waals surface area contributed by atoms with Crippen LogP contribution in [-0.2, 0) is 9.59 Å². The van der Waals surface area contributed by atoms with E-state index >= 15 is 0 Å². The van der Waals surface area contributed by atoms with Crippen LogP contribution in [0.15, 0.2) is 48.5 Å². The van der Waals surface area contributed by atoms with Gasteiger partial charge in [-0.3, -0.25) is 14.9 Å². The Morgan fingerprint density at radius 2 is 1.70 bits per heavy atom. The minimum atomic E-state index is -0.451. The van der Waals surface area contributed by atoms with Crippen LogP contribution in [0.25, 0.3) is 0 Å². The van der Waals surface area contributed by atoms with E-state index in [1.165, 1.54) is 4.90 Å². The summed E-state index contributed by atoms with van der Waals surface area (Å²) in [6.07, 6.45) is 0. The number of carbonyl (C=O) groups is 2. The fraction of sp³-hybridized carbons (Fsp3) is 0.333. The normalized spacial score (nSPS) is 12.9. The van der Waals surface area contributed by atoms with Crippen molar-refractivity contribution in [2.24, 2.45) is 0 Å². The van der Waals surface area contributed by atoms with Crippen LogP contribution in [-0.4, -0.2) is 36.3 Å². The highest BCUT2D eigenvalue weighted by atomic mass is 35.5. The number of likely N-dealkylation sites (N-methyl/N-ethyl adjacent to an activating group) is 1. The minimum absolute atomic E-state index is 0.0147. The maximum atomic E-state index is 12.6. The van der Waals surface area contributed by atoms with Crippen molar-refractivity contribution in [3.8, 4) is 0 Å². The first-order valence-electron chi connectivity index (χ1n) is 8.90. The average Bonchev–Trinajstić information content (AvgIpc) is 2.63. The quantitative estimate of drug-likeness (QED) is 0.759. The predicted molar refractivity (Wildman–Crippen MR) is 110 cm³/mol. The Morgan fingerprint density at radius 1 is 1.07 bits per heavy atom. The molecule has 6 heteroatoms. The zero-order chi connectivity index (χ0) is 20.0. The fourth-order valence-electron chi connectivity index (χ4n) is 2.82. The summed E-state index contributed by atoms with van der Waals surface area (Å²) < 4.78 is 0. The molecule has 27 heavy (non-hydrogen) atoms. The van der Waals surface area contributed by atoms with Crippen LogP contribution in [0.1, 0.15) is 31.0 Å². The van der Waals surface area contributed by atoms with Crippen LogP contribution in [0.4, 0.5) is 5.69 Å². The highest BCUT2D eigenvalue weighted by molar-refractivity contribution is 6.31. The third-order valence-corrected chi connectivity index (χ3v) is 4.68. The number of aryl methyl sites for hydroxylation is 1. The summed E-state index contributed by atoms with van der Waals surface area (Å²) in [6, 6.07) is 14.5. The first kappa shape index (κ1) is 20.9. The second-order valence-corrected chi connectivity index (χ2v) is 7.15. The Balaban J connectivity index is 1.88. The molecular weight excluding hydrogens is 362 g/mol. The molecule has 0 aliphatic carbocycles. The molecule has 2 aromatic rings. The van der Waals surface area contributed by atoms with E-state index in [0.29, 0.717) is 10.7 Å². The van der Waals surface area contributed by atoms with E-state index in [0.717, 1.165) is 11.1 Å². The fourth-order valence-corrected chi connectivity index (χ4v) is 3.12. The van der Waals surface area contributed by atoms with Gasteiger partial charge < -0.3 is 10.2 Å². The molecule has 0 heterocycles. The number of rotatable bonds is 7. The molecular formula is C21H26ClN3O2. The summed E-state index contributed by atoms with van der Waals surface area (Å²) in [5.41, 5.74) is 2.76. The van der Waals surface area contributed by atoms with Gasteiger partial charge in [0, 0.05) is 23.8 Å². The average molecular weight is 388 g/mol. The molecule has 2 unspecified atom stereocenters. The molecule has 0 spiro atoms. The first-order chi connectivity index (χ1) is 12.8. The van der Waals surface area contributed by atoms with Crippen molar-refractivity contribution in [2.75, 3.05) is 18.9 Å². The monoisotopic (exact) mass is 387 g/mol. The summed E-state index contributed by atoms with van der Waals surface area (Å²) in [6.45, 7) is 5.70. The molecule has 2 atom stereocenters. The number of amides is 2. The highest BCUT2D eigenvalue weighted by Gasteiger charge is 2.22. The number of anilines is 1. The Kier molecular flexibility index (Phi) is 7.39. The summed E-state index contributed by atoms with van der Waals surface area (Å²) in [7, 11) is 1.62. The summed E-state index contributed by atoms with van der Waals surface area (Å²) in [4.78, 5) is 26.2. The molecule has 5 nitrogen and oxygen atoms in total. The van der Waals surface area contributed by atoms with E-state index in [1.807, 2.05) is 62.4 Å². The van der Waals surface area contributed by atoms with Gasteiger partial charge >= 0.3 is 0 Å². The smallest absolute Gasteiger partial charge is 0.243 e. The van der Waals surface area contributed by atoms with Gasteiger partial charge in [0.05, 0.1) is 12.6 Å². The lowest BCUT2D eigenvalue weighted by molar-refractivity contribution is -0.135. The third kappa shape index (κ3) is 6.08. The lowest BCUT2D eigenvalue weighted by atomic mass is 10.1. The number of hydrogen-bond acceptors (Lipinski definition) is 3. The molecule has 0 fully saturated rings.